The molecule has 0 bridgehead atoms. The Morgan fingerprint density at radius 1 is 1.03 bits per heavy atom. The average molecular weight is 476 g/mol. The molecule has 1 saturated carbocycles. The van der Waals surface area contributed by atoms with Crippen LogP contribution in [0.25, 0.3) is 0 Å². The second kappa shape index (κ2) is 11.2. The van der Waals surface area contributed by atoms with Crippen molar-refractivity contribution < 1.29 is 23.8 Å². The summed E-state index contributed by atoms with van der Waals surface area (Å²) in [5.41, 5.74) is 7.84. The van der Waals surface area contributed by atoms with Gasteiger partial charge in [-0.1, -0.05) is 11.6 Å². The number of amides is 2. The molecule has 0 saturated heterocycles. The number of ether oxygens (including phenoxy) is 3. The van der Waals surface area contributed by atoms with Gasteiger partial charge in [-0.3, -0.25) is 10.1 Å². The van der Waals surface area contributed by atoms with Crippen molar-refractivity contribution in [3.8, 4) is 11.5 Å². The minimum absolute atomic E-state index is 0.0127. The molecule has 1 aliphatic carbocycles. The fourth-order valence-electron chi connectivity index (χ4n) is 4.04. The van der Waals surface area contributed by atoms with E-state index in [1.807, 2.05) is 4.90 Å². The van der Waals surface area contributed by atoms with E-state index in [1.165, 1.54) is 14.2 Å². The molecule has 0 unspecified atom stereocenters. The van der Waals surface area contributed by atoms with Gasteiger partial charge in [-0.25, -0.2) is 4.79 Å². The van der Waals surface area contributed by atoms with Crippen LogP contribution in [0.3, 0.4) is 0 Å². The lowest BCUT2D eigenvalue weighted by Gasteiger charge is -2.36. The smallest absolute Gasteiger partial charge is 0.411 e. The maximum atomic E-state index is 13.7. The summed E-state index contributed by atoms with van der Waals surface area (Å²) in [4.78, 5) is 27.1. The van der Waals surface area contributed by atoms with E-state index >= 15 is 0 Å². The molecule has 0 heterocycles. The molecule has 0 radical (unpaired) electrons. The summed E-state index contributed by atoms with van der Waals surface area (Å²) >= 11 is 6.47. The number of nitrogens with one attached hydrogen (secondary N) is 1. The monoisotopic (exact) mass is 475 g/mol. The zero-order valence-corrected chi connectivity index (χ0v) is 19.9. The third kappa shape index (κ3) is 6.09. The lowest BCUT2D eigenvalue weighted by molar-refractivity contribution is 0.0606. The first-order valence-corrected chi connectivity index (χ1v) is 11.2. The van der Waals surface area contributed by atoms with E-state index in [0.717, 1.165) is 25.7 Å². The van der Waals surface area contributed by atoms with Crippen molar-refractivity contribution >= 4 is 29.3 Å². The highest BCUT2D eigenvalue weighted by atomic mass is 35.5. The van der Waals surface area contributed by atoms with Crippen molar-refractivity contribution in [3.05, 3.63) is 52.5 Å². The van der Waals surface area contributed by atoms with Gasteiger partial charge in [0.25, 0.3) is 5.91 Å². The molecule has 8 nitrogen and oxygen atoms in total. The molecule has 0 spiro atoms. The molecule has 178 valence electrons. The Balaban J connectivity index is 1.93. The largest absolute Gasteiger partial charge is 0.493 e. The number of hydrogen-bond donors (Lipinski definition) is 2. The minimum Gasteiger partial charge on any atom is -0.493 e. The molecular formula is C24H30ClN3O5. The maximum absolute atomic E-state index is 13.7. The molecule has 1 fully saturated rings. The van der Waals surface area contributed by atoms with Gasteiger partial charge < -0.3 is 24.8 Å². The summed E-state index contributed by atoms with van der Waals surface area (Å²) in [5.74, 6) is 0.893. The zero-order valence-electron chi connectivity index (χ0n) is 19.1. The number of nitrogens with two attached hydrogens (primary N) is 1. The van der Waals surface area contributed by atoms with E-state index in [2.05, 4.69) is 10.1 Å². The van der Waals surface area contributed by atoms with Gasteiger partial charge in [-0.2, -0.15) is 0 Å². The van der Waals surface area contributed by atoms with E-state index in [1.54, 1.807) is 43.5 Å². The van der Waals surface area contributed by atoms with Crippen LogP contribution in [0.4, 0.5) is 10.5 Å². The van der Waals surface area contributed by atoms with Gasteiger partial charge in [0.2, 0.25) is 0 Å². The lowest BCUT2D eigenvalue weighted by Crippen LogP contribution is -2.44. The van der Waals surface area contributed by atoms with Gasteiger partial charge in [0.15, 0.2) is 11.5 Å². The molecule has 2 aromatic rings. The molecule has 0 aromatic heterocycles. The SMILES string of the molecule is COC(=O)Nc1ccc(Cl)c(CN(C(=O)c2ccc(OC)c(OC)c2)C2CCC(N)CC2)c1. The number of methoxy groups -OCH3 is 3. The van der Waals surface area contributed by atoms with Crippen LogP contribution in [0.2, 0.25) is 5.02 Å². The summed E-state index contributed by atoms with van der Waals surface area (Å²) in [7, 11) is 4.38. The number of benzene rings is 2. The van der Waals surface area contributed by atoms with E-state index in [0.29, 0.717) is 33.3 Å². The molecular weight excluding hydrogens is 446 g/mol. The van der Waals surface area contributed by atoms with Gasteiger partial charge >= 0.3 is 6.09 Å². The molecule has 3 rings (SSSR count). The van der Waals surface area contributed by atoms with Gasteiger partial charge in [0.05, 0.1) is 21.3 Å². The molecule has 1 aliphatic rings. The second-order valence-electron chi connectivity index (χ2n) is 7.99. The predicted molar refractivity (Wildman–Crippen MR) is 127 cm³/mol. The quantitative estimate of drug-likeness (QED) is 0.613. The van der Waals surface area contributed by atoms with Crippen LogP contribution in [-0.2, 0) is 11.3 Å². The minimum atomic E-state index is -0.581. The third-order valence-electron chi connectivity index (χ3n) is 5.89. The van der Waals surface area contributed by atoms with Crippen LogP contribution < -0.4 is 20.5 Å². The molecule has 9 heteroatoms. The molecule has 33 heavy (non-hydrogen) atoms. The highest BCUT2D eigenvalue weighted by Gasteiger charge is 2.29. The summed E-state index contributed by atoms with van der Waals surface area (Å²) in [6, 6.07) is 10.4. The number of carbonyl (C=O) groups excluding carboxylic acids is 2. The fourth-order valence-corrected chi connectivity index (χ4v) is 4.22. The van der Waals surface area contributed by atoms with Crippen molar-refractivity contribution in [2.45, 2.75) is 44.3 Å². The number of rotatable bonds is 7. The first-order valence-electron chi connectivity index (χ1n) is 10.8. The molecule has 2 amide bonds. The van der Waals surface area contributed by atoms with Crippen LogP contribution in [0.1, 0.15) is 41.6 Å². The van der Waals surface area contributed by atoms with Gasteiger partial charge in [-0.15, -0.1) is 0 Å². The van der Waals surface area contributed by atoms with Crippen molar-refractivity contribution in [2.24, 2.45) is 5.73 Å². The Bertz CT molecular complexity index is 992. The number of nitrogens with zero attached hydrogens (tertiary/aromatic N) is 1. The molecule has 0 aliphatic heterocycles. The van der Waals surface area contributed by atoms with Gasteiger partial charge in [0.1, 0.15) is 0 Å². The highest BCUT2D eigenvalue weighted by Crippen LogP contribution is 2.32. The van der Waals surface area contributed by atoms with Gasteiger partial charge in [-0.05, 0) is 67.6 Å². The number of anilines is 1. The normalized spacial score (nSPS) is 17.7. The summed E-state index contributed by atoms with van der Waals surface area (Å²) in [6.45, 7) is 0.280. The van der Waals surface area contributed by atoms with Gasteiger partial charge in [0, 0.05) is 34.9 Å². The number of halogens is 1. The maximum Gasteiger partial charge on any atom is 0.411 e. The van der Waals surface area contributed by atoms with Crippen molar-refractivity contribution in [2.75, 3.05) is 26.6 Å². The zero-order chi connectivity index (χ0) is 24.0. The summed E-state index contributed by atoms with van der Waals surface area (Å²) in [5, 5.41) is 3.14. The van der Waals surface area contributed by atoms with Crippen LogP contribution in [0, 0.1) is 0 Å². The topological polar surface area (TPSA) is 103 Å². The Hall–Kier alpha value is -2.97. The Morgan fingerprint density at radius 3 is 2.36 bits per heavy atom. The number of hydrogen-bond acceptors (Lipinski definition) is 6. The van der Waals surface area contributed by atoms with Crippen LogP contribution in [0.5, 0.6) is 11.5 Å². The van der Waals surface area contributed by atoms with Crippen molar-refractivity contribution in [1.29, 1.82) is 0 Å². The van der Waals surface area contributed by atoms with E-state index in [9.17, 15) is 9.59 Å². The van der Waals surface area contributed by atoms with E-state index < -0.39 is 6.09 Å². The second-order valence-corrected chi connectivity index (χ2v) is 8.40. The predicted octanol–water partition coefficient (Wildman–Crippen LogP) is 4.45. The average Bonchev–Trinajstić information content (AvgIpc) is 2.84. The van der Waals surface area contributed by atoms with Crippen molar-refractivity contribution in [3.63, 3.8) is 0 Å². The van der Waals surface area contributed by atoms with Crippen LogP contribution in [-0.4, -0.2) is 50.3 Å². The molecule has 3 N–H and O–H groups in total. The summed E-state index contributed by atoms with van der Waals surface area (Å²) < 4.78 is 15.3. The fraction of sp³-hybridized carbons (Fsp3) is 0.417. The number of carbonyl (C=O) groups is 2. The third-order valence-corrected chi connectivity index (χ3v) is 6.26. The first kappa shape index (κ1) is 24.7. The Labute approximate surface area is 198 Å². The van der Waals surface area contributed by atoms with Crippen LogP contribution in [0.15, 0.2) is 36.4 Å². The standard InChI is InChI=1S/C24H30ClN3O5/c1-31-21-11-4-15(13-22(21)32-2)23(29)28(19-8-5-17(26)6-9-19)14-16-12-18(7-10-20(16)25)27-24(30)33-3/h4,7,10-13,17,19H,5-6,8-9,14,26H2,1-3H3,(H,27,30). The van der Waals surface area contributed by atoms with E-state index in [4.69, 9.17) is 26.8 Å². The highest BCUT2D eigenvalue weighted by molar-refractivity contribution is 6.31. The summed E-state index contributed by atoms with van der Waals surface area (Å²) in [6.07, 6.45) is 2.72. The Morgan fingerprint density at radius 2 is 1.73 bits per heavy atom. The molecule has 0 atom stereocenters. The van der Waals surface area contributed by atoms with Crippen molar-refractivity contribution in [1.82, 2.24) is 4.90 Å². The lowest BCUT2D eigenvalue weighted by atomic mass is 9.90. The van der Waals surface area contributed by atoms with Crippen LogP contribution >= 0.6 is 11.6 Å². The van der Waals surface area contributed by atoms with E-state index in [-0.39, 0.29) is 24.5 Å². The molecule has 2 aromatic carbocycles. The Kier molecular flexibility index (Phi) is 8.41. The first-order chi connectivity index (χ1) is 15.9.